The number of benzene rings is 5. The van der Waals surface area contributed by atoms with Crippen molar-refractivity contribution in [2.45, 2.75) is 6.92 Å². The molecule has 0 aliphatic carbocycles. The van der Waals surface area contributed by atoms with Crippen molar-refractivity contribution in [3.05, 3.63) is 152 Å². The molecule has 2 nitrogen and oxygen atoms in total. The maximum atomic E-state index is 9.75. The van der Waals surface area contributed by atoms with Gasteiger partial charge < -0.3 is 22.2 Å². The average Bonchev–Trinajstić information content (AvgIpc) is 3.07. The van der Waals surface area contributed by atoms with Gasteiger partial charge in [0, 0.05) is 25.2 Å². The Balaban J connectivity index is 0.000000624. The first-order valence-electron chi connectivity index (χ1n) is 13.7. The summed E-state index contributed by atoms with van der Waals surface area (Å²) in [5.41, 5.74) is 1.28. The van der Waals surface area contributed by atoms with Crippen molar-refractivity contribution in [3.8, 4) is 6.07 Å². The molecule has 0 fully saturated rings. The summed E-state index contributed by atoms with van der Waals surface area (Å²) in [5.74, 6) is 0. The number of hydrogen-bond acceptors (Lipinski definition) is 2. The fourth-order valence-electron chi connectivity index (χ4n) is 4.24. The number of nitriles is 1. The summed E-state index contributed by atoms with van der Waals surface area (Å²) < 4.78 is 39.0. The molecule has 0 aromatic heterocycles. The fourth-order valence-corrected chi connectivity index (χ4v) is 8.99. The van der Waals surface area contributed by atoms with Crippen LogP contribution in [0.25, 0.3) is 0 Å². The maximum Gasteiger partial charge on any atom is 0.0463 e. The Kier molecular flexibility index (Phi) is 18.4. The molecular weight excluding hydrogens is 727 g/mol. The molecule has 0 amide bonds. The van der Waals surface area contributed by atoms with E-state index < -0.39 is 23.1 Å². The monoisotopic (exact) mass is 758 g/mol. The van der Waals surface area contributed by atoms with Gasteiger partial charge in [0.05, 0.1) is 6.07 Å². The molecule has 0 saturated heterocycles. The van der Waals surface area contributed by atoms with Gasteiger partial charge in [0.2, 0.25) is 0 Å². The van der Waals surface area contributed by atoms with Gasteiger partial charge in [-0.3, -0.25) is 0 Å². The zero-order chi connectivity index (χ0) is 32.9. The molecule has 0 atom stereocenters. The number of hydrogen-bond donors (Lipinski definition) is 0. The van der Waals surface area contributed by atoms with Crippen LogP contribution in [0.1, 0.15) is 6.92 Å². The van der Waals surface area contributed by atoms with Gasteiger partial charge in [0.1, 0.15) is 0 Å². The van der Waals surface area contributed by atoms with Gasteiger partial charge >= 0.3 is 35.0 Å². The molecule has 0 bridgehead atoms. The van der Waals surface area contributed by atoms with E-state index in [1.54, 1.807) is 6.07 Å². The Morgan fingerprint density at radius 1 is 0.556 bits per heavy atom. The first-order valence-corrected chi connectivity index (χ1v) is 18.7. The normalized spacial score (nSPS) is 10.2. The SMILES string of the molecule is CC#N.F[B-](F)(F)F.[Cl][Pd+].c1ccc(N(CP(c2ccccc2)c2ccccc2)CP(c2ccccc2)c2ccccc2)cc1. The van der Waals surface area contributed by atoms with E-state index >= 15 is 0 Å². The number of halogens is 5. The molecule has 0 heterocycles. The van der Waals surface area contributed by atoms with E-state index in [0.29, 0.717) is 0 Å². The predicted molar refractivity (Wildman–Crippen MR) is 184 cm³/mol. The Bertz CT molecular complexity index is 1330. The first kappa shape index (κ1) is 38.2. The molecule has 5 rings (SSSR count). The first-order chi connectivity index (χ1) is 21.8. The molecule has 236 valence electrons. The third-order valence-electron chi connectivity index (χ3n) is 6.02. The zero-order valence-electron chi connectivity index (χ0n) is 24.4. The van der Waals surface area contributed by atoms with E-state index in [1.165, 1.54) is 33.8 Å². The van der Waals surface area contributed by atoms with Crippen molar-refractivity contribution in [2.75, 3.05) is 17.5 Å². The standard InChI is InChI=1S/C32H29NP2.C2H3N.BF4.ClH.Pd/c1-6-16-28(17-7-1)33(26-34(29-18-8-2-9-19-29)30-20-10-3-11-21-30)27-35(31-22-12-4-13-23-31)32-24-14-5-15-25-32;1-2-3;2-1(3,4)5;;/h1-25H,26-27H2;1H3;;1H;/q;;-1;;+2/p-1. The number of anilines is 1. The van der Waals surface area contributed by atoms with Crippen LogP contribution in [0.15, 0.2) is 152 Å². The molecule has 0 spiro atoms. The van der Waals surface area contributed by atoms with E-state index in [0.717, 1.165) is 12.6 Å². The summed E-state index contributed by atoms with van der Waals surface area (Å²) in [7, 11) is -2.60. The molecule has 11 heteroatoms. The average molecular weight is 759 g/mol. The summed E-state index contributed by atoms with van der Waals surface area (Å²) in [5, 5.41) is 13.0. The second-order valence-corrected chi connectivity index (χ2v) is 13.4. The molecule has 0 aliphatic heterocycles. The van der Waals surface area contributed by atoms with E-state index in [-0.39, 0.29) is 0 Å². The van der Waals surface area contributed by atoms with E-state index in [4.69, 9.17) is 5.26 Å². The second kappa shape index (κ2) is 21.7. The van der Waals surface area contributed by atoms with Crippen molar-refractivity contribution in [2.24, 2.45) is 0 Å². The van der Waals surface area contributed by atoms with Crippen LogP contribution in [0.2, 0.25) is 0 Å². The Morgan fingerprint density at radius 2 is 0.756 bits per heavy atom. The minimum absolute atomic E-state index is 0.546. The van der Waals surface area contributed by atoms with Crippen LogP contribution in [0.5, 0.6) is 0 Å². The van der Waals surface area contributed by atoms with Crippen LogP contribution in [0.4, 0.5) is 23.0 Å². The molecule has 0 unspecified atom stereocenters. The van der Waals surface area contributed by atoms with Gasteiger partial charge in [0.25, 0.3) is 0 Å². The third-order valence-corrected chi connectivity index (χ3v) is 11.0. The van der Waals surface area contributed by atoms with Crippen LogP contribution in [-0.2, 0) is 18.2 Å². The van der Waals surface area contributed by atoms with Crippen LogP contribution in [-0.4, -0.2) is 19.8 Å². The Morgan fingerprint density at radius 3 is 0.978 bits per heavy atom. The Hall–Kier alpha value is -3.01. The van der Waals surface area contributed by atoms with Crippen LogP contribution in [0.3, 0.4) is 0 Å². The molecule has 5 aromatic rings. The quantitative estimate of drug-likeness (QED) is 0.0852. The predicted octanol–water partition coefficient (Wildman–Crippen LogP) is 9.19. The van der Waals surface area contributed by atoms with Crippen LogP contribution >= 0.6 is 25.4 Å². The minimum Gasteiger partial charge on any atom is -0.362 e. The maximum absolute atomic E-state index is 9.75. The summed E-state index contributed by atoms with van der Waals surface area (Å²) in [6.45, 7) is 1.43. The zero-order valence-corrected chi connectivity index (χ0v) is 28.5. The van der Waals surface area contributed by atoms with Crippen molar-refractivity contribution in [1.29, 1.82) is 5.26 Å². The van der Waals surface area contributed by atoms with Crippen molar-refractivity contribution in [1.82, 2.24) is 0 Å². The smallest absolute Gasteiger partial charge is 0.0463 e. The van der Waals surface area contributed by atoms with Gasteiger partial charge in [-0.25, -0.2) is 0 Å². The largest absolute Gasteiger partial charge is 0.362 e. The van der Waals surface area contributed by atoms with Gasteiger partial charge in [-0.2, -0.15) is 5.26 Å². The molecule has 0 saturated carbocycles. The van der Waals surface area contributed by atoms with Crippen LogP contribution in [0, 0.1) is 11.3 Å². The molecular formula is C34H32BClF4N2P2Pd. The molecule has 45 heavy (non-hydrogen) atoms. The topological polar surface area (TPSA) is 27.0 Å². The second-order valence-electron chi connectivity index (χ2n) is 9.07. The van der Waals surface area contributed by atoms with Crippen molar-refractivity contribution < 1.29 is 35.4 Å². The Labute approximate surface area is 281 Å². The molecule has 0 N–H and O–H groups in total. The number of nitrogens with zero attached hydrogens (tertiary/aromatic N) is 2. The molecule has 0 radical (unpaired) electrons. The van der Waals surface area contributed by atoms with Gasteiger partial charge in [-0.15, -0.1) is 0 Å². The van der Waals surface area contributed by atoms with Gasteiger partial charge in [-0.1, -0.05) is 140 Å². The van der Waals surface area contributed by atoms with Crippen molar-refractivity contribution in [3.63, 3.8) is 0 Å². The van der Waals surface area contributed by atoms with Crippen molar-refractivity contribution >= 4 is 59.5 Å². The molecule has 5 aromatic carbocycles. The van der Waals surface area contributed by atoms with E-state index in [1.807, 2.05) is 0 Å². The van der Waals surface area contributed by atoms with E-state index in [9.17, 15) is 17.3 Å². The van der Waals surface area contributed by atoms with E-state index in [2.05, 4.69) is 184 Å². The van der Waals surface area contributed by atoms with Gasteiger partial charge in [-0.05, 0) is 49.2 Å². The number of para-hydroxylation sites is 1. The van der Waals surface area contributed by atoms with Gasteiger partial charge in [0.15, 0.2) is 0 Å². The summed E-state index contributed by atoms with van der Waals surface area (Å²) in [6.07, 6.45) is 1.96. The fraction of sp³-hybridized carbons (Fsp3) is 0.0882. The summed E-state index contributed by atoms with van der Waals surface area (Å²) in [6, 6.07) is 56.8. The molecule has 0 aliphatic rings. The van der Waals surface area contributed by atoms with Crippen LogP contribution < -0.4 is 26.1 Å². The summed E-state index contributed by atoms with van der Waals surface area (Å²) >= 11 is 2.22. The third kappa shape index (κ3) is 14.8. The minimum atomic E-state index is -6.00. The summed E-state index contributed by atoms with van der Waals surface area (Å²) in [4.78, 5) is 2.62. The number of rotatable bonds is 9.